The smallest absolute Gasteiger partial charge is 0.416 e. The van der Waals surface area contributed by atoms with Gasteiger partial charge in [0.2, 0.25) is 5.91 Å². The molecule has 0 saturated carbocycles. The Hall–Kier alpha value is -4.21. The number of pyridine rings is 1. The summed E-state index contributed by atoms with van der Waals surface area (Å²) in [6, 6.07) is 11.9. The maximum absolute atomic E-state index is 13.3. The molecule has 0 atom stereocenters. The van der Waals surface area contributed by atoms with Crippen molar-refractivity contribution in [3.05, 3.63) is 77.1 Å². The van der Waals surface area contributed by atoms with E-state index in [-0.39, 0.29) is 16.8 Å². The van der Waals surface area contributed by atoms with Crippen molar-refractivity contribution in [2.75, 3.05) is 10.6 Å². The Kier molecular flexibility index (Phi) is 7.53. The molecule has 182 valence electrons. The number of aryl methyl sites for hydroxylation is 2. The summed E-state index contributed by atoms with van der Waals surface area (Å²) in [6.07, 6.45) is -4.43. The summed E-state index contributed by atoms with van der Waals surface area (Å²) in [5.41, 5.74) is 0.741. The van der Waals surface area contributed by atoms with E-state index in [9.17, 15) is 27.6 Å². The van der Waals surface area contributed by atoms with Crippen molar-refractivity contribution >= 4 is 29.2 Å². The maximum atomic E-state index is 13.3. The number of nitrogens with one attached hydrogen (secondary N) is 2. The molecule has 10 heteroatoms. The van der Waals surface area contributed by atoms with Crippen molar-refractivity contribution < 1.29 is 32.7 Å². The van der Waals surface area contributed by atoms with Crippen LogP contribution in [0.25, 0.3) is 11.1 Å². The van der Waals surface area contributed by atoms with Gasteiger partial charge in [0.1, 0.15) is 0 Å². The van der Waals surface area contributed by atoms with Crippen molar-refractivity contribution in [3.63, 3.8) is 0 Å². The van der Waals surface area contributed by atoms with Gasteiger partial charge in [0.25, 0.3) is 0 Å². The first-order valence-electron chi connectivity index (χ1n) is 10.6. The van der Waals surface area contributed by atoms with Crippen molar-refractivity contribution in [1.82, 2.24) is 4.98 Å². The summed E-state index contributed by atoms with van der Waals surface area (Å²) in [5.74, 6) is -1.45. The Bertz CT molecular complexity index is 1270. The van der Waals surface area contributed by atoms with Gasteiger partial charge in [-0.05, 0) is 48.7 Å². The summed E-state index contributed by atoms with van der Waals surface area (Å²) in [6.45, 7) is 3.15. The Morgan fingerprint density at radius 1 is 0.971 bits per heavy atom. The van der Waals surface area contributed by atoms with E-state index >= 15 is 0 Å². The van der Waals surface area contributed by atoms with E-state index in [1.807, 2.05) is 24.4 Å². The van der Waals surface area contributed by atoms with E-state index in [0.29, 0.717) is 11.6 Å². The number of aromatic nitrogens is 1. The number of hydrogen-bond donors (Lipinski definition) is 3. The normalized spacial score (nSPS) is 11.1. The van der Waals surface area contributed by atoms with Crippen LogP contribution >= 0.6 is 0 Å². The van der Waals surface area contributed by atoms with Gasteiger partial charge in [0.05, 0.1) is 23.4 Å². The third kappa shape index (κ3) is 6.44. The Labute approximate surface area is 199 Å². The van der Waals surface area contributed by atoms with Gasteiger partial charge >= 0.3 is 12.3 Å². The highest BCUT2D eigenvalue weighted by atomic mass is 19.4. The van der Waals surface area contributed by atoms with Crippen molar-refractivity contribution in [2.45, 2.75) is 32.9 Å². The molecule has 0 saturated heterocycles. The number of ketones is 1. The minimum atomic E-state index is -4.72. The zero-order valence-electron chi connectivity index (χ0n) is 18.9. The fraction of sp³-hybridized carbons (Fsp3) is 0.200. The number of Topliss-reactive ketones (excluding diaryl/α,β-unsaturated/α-hetero) is 1. The van der Waals surface area contributed by atoms with Gasteiger partial charge < -0.3 is 10.4 Å². The van der Waals surface area contributed by atoms with Crippen LogP contribution in [0.1, 0.15) is 40.5 Å². The highest BCUT2D eigenvalue weighted by Crippen LogP contribution is 2.37. The molecule has 0 aliphatic heterocycles. The van der Waals surface area contributed by atoms with Crippen LogP contribution in [0.15, 0.2) is 54.7 Å². The molecule has 3 N–H and O–H groups in total. The fourth-order valence-electron chi connectivity index (χ4n) is 3.45. The van der Waals surface area contributed by atoms with Crippen LogP contribution in [0.5, 0.6) is 0 Å². The quantitative estimate of drug-likeness (QED) is 0.284. The fourth-order valence-corrected chi connectivity index (χ4v) is 3.45. The molecule has 1 aromatic heterocycles. The first-order valence-corrected chi connectivity index (χ1v) is 10.6. The molecule has 2 amide bonds. The Morgan fingerprint density at radius 2 is 1.69 bits per heavy atom. The summed E-state index contributed by atoms with van der Waals surface area (Å²) in [7, 11) is 0. The molecule has 1 heterocycles. The first kappa shape index (κ1) is 25.4. The number of alkyl halides is 3. The van der Waals surface area contributed by atoms with E-state index in [4.69, 9.17) is 5.11 Å². The van der Waals surface area contributed by atoms with Crippen LogP contribution in [0.4, 0.5) is 29.3 Å². The molecule has 3 rings (SSSR count). The van der Waals surface area contributed by atoms with Gasteiger partial charge in [0, 0.05) is 23.0 Å². The molecule has 0 unspecified atom stereocenters. The topological polar surface area (TPSA) is 108 Å². The van der Waals surface area contributed by atoms with E-state index < -0.39 is 41.6 Å². The predicted octanol–water partition coefficient (Wildman–Crippen LogP) is 5.94. The number of carbonyl (C=O) groups is 3. The second-order valence-corrected chi connectivity index (χ2v) is 7.76. The molecule has 0 bridgehead atoms. The number of hydrogen-bond acceptors (Lipinski definition) is 4. The average molecular weight is 485 g/mol. The molecule has 3 aromatic rings. The number of halogens is 3. The lowest BCUT2D eigenvalue weighted by atomic mass is 10.0. The third-order valence-electron chi connectivity index (χ3n) is 5.21. The summed E-state index contributed by atoms with van der Waals surface area (Å²) >= 11 is 0. The van der Waals surface area contributed by atoms with Crippen LogP contribution in [0, 0.1) is 6.92 Å². The number of anilines is 2. The zero-order valence-corrected chi connectivity index (χ0v) is 18.9. The van der Waals surface area contributed by atoms with Crippen molar-refractivity contribution in [3.8, 4) is 11.1 Å². The Balaban J connectivity index is 1.80. The van der Waals surface area contributed by atoms with E-state index in [2.05, 4.69) is 10.3 Å². The summed E-state index contributed by atoms with van der Waals surface area (Å²) < 4.78 is 39.9. The number of nitrogens with zero attached hydrogens (tertiary/aromatic N) is 1. The van der Waals surface area contributed by atoms with Crippen LogP contribution in [-0.4, -0.2) is 27.9 Å². The monoisotopic (exact) mass is 485 g/mol. The second-order valence-electron chi connectivity index (χ2n) is 7.76. The first-order chi connectivity index (χ1) is 16.5. The van der Waals surface area contributed by atoms with Gasteiger partial charge in [0.15, 0.2) is 5.78 Å². The highest BCUT2D eigenvalue weighted by molar-refractivity contribution is 6.12. The zero-order chi connectivity index (χ0) is 25.8. The molecule has 2 aromatic carbocycles. The van der Waals surface area contributed by atoms with Gasteiger partial charge in [-0.1, -0.05) is 31.2 Å². The van der Waals surface area contributed by atoms with Crippen molar-refractivity contribution in [2.24, 2.45) is 0 Å². The van der Waals surface area contributed by atoms with Gasteiger partial charge in [-0.25, -0.2) is 4.79 Å². The third-order valence-corrected chi connectivity index (χ3v) is 5.21. The number of benzene rings is 2. The van der Waals surface area contributed by atoms with E-state index in [0.717, 1.165) is 23.7 Å². The maximum Gasteiger partial charge on any atom is 0.416 e. The highest BCUT2D eigenvalue weighted by Gasteiger charge is 2.33. The number of carbonyl (C=O) groups excluding carboxylic acids is 2. The van der Waals surface area contributed by atoms with Gasteiger partial charge in [-0.15, -0.1) is 0 Å². The van der Waals surface area contributed by atoms with Crippen molar-refractivity contribution in [1.29, 1.82) is 0 Å². The minimum Gasteiger partial charge on any atom is -0.465 e. The minimum absolute atomic E-state index is 0.228. The van der Waals surface area contributed by atoms with Gasteiger partial charge in [-0.3, -0.25) is 19.9 Å². The predicted molar refractivity (Wildman–Crippen MR) is 124 cm³/mol. The molecule has 0 spiro atoms. The molecule has 0 radical (unpaired) electrons. The van der Waals surface area contributed by atoms with E-state index in [1.54, 1.807) is 24.4 Å². The average Bonchev–Trinajstić information content (AvgIpc) is 2.79. The lowest BCUT2D eigenvalue weighted by Gasteiger charge is -2.17. The number of rotatable bonds is 7. The number of amides is 2. The lowest BCUT2D eigenvalue weighted by Crippen LogP contribution is -2.20. The van der Waals surface area contributed by atoms with Crippen LogP contribution in [0.3, 0.4) is 0 Å². The summed E-state index contributed by atoms with van der Waals surface area (Å²) in [4.78, 5) is 40.6. The van der Waals surface area contributed by atoms with Crippen LogP contribution in [-0.2, 0) is 17.4 Å². The second kappa shape index (κ2) is 10.4. The molecule has 35 heavy (non-hydrogen) atoms. The standard InChI is InChI=1S/C25H22F3N3O4/c1-3-18-8-7-17(13-29-18)15-5-4-6-16(10-15)22(32)12-23(33)30-21-11-19(25(26,27)28)14(2)9-20(21)31-24(34)35/h4-11,13,31H,3,12H2,1-2H3,(H,30,33)(H,34,35). The van der Waals surface area contributed by atoms with Crippen LogP contribution in [0.2, 0.25) is 0 Å². The largest absolute Gasteiger partial charge is 0.465 e. The van der Waals surface area contributed by atoms with Gasteiger partial charge in [-0.2, -0.15) is 13.2 Å². The molecular weight excluding hydrogens is 463 g/mol. The Morgan fingerprint density at radius 3 is 2.29 bits per heavy atom. The molecule has 0 aliphatic rings. The molecule has 0 aliphatic carbocycles. The number of carboxylic acid groups (broad SMARTS) is 1. The SMILES string of the molecule is CCc1ccc(-c2cccc(C(=O)CC(=O)Nc3cc(C(F)(F)F)c(C)cc3NC(=O)O)c2)cn1. The molecular formula is C25H22F3N3O4. The lowest BCUT2D eigenvalue weighted by molar-refractivity contribution is -0.138. The summed E-state index contributed by atoms with van der Waals surface area (Å²) in [5, 5.41) is 13.2. The molecule has 0 fully saturated rings. The van der Waals surface area contributed by atoms with E-state index in [1.165, 1.54) is 13.0 Å². The molecule has 7 nitrogen and oxygen atoms in total. The van der Waals surface area contributed by atoms with Crippen LogP contribution < -0.4 is 10.6 Å².